The van der Waals surface area contributed by atoms with E-state index in [-0.39, 0.29) is 36.1 Å². The number of hydrogen-bond acceptors (Lipinski definition) is 4. The van der Waals surface area contributed by atoms with E-state index in [1.807, 2.05) is 55.8 Å². The van der Waals surface area contributed by atoms with E-state index < -0.39 is 0 Å². The maximum atomic E-state index is 13.0. The molecule has 1 aromatic heterocycles. The summed E-state index contributed by atoms with van der Waals surface area (Å²) < 4.78 is 13.5. The van der Waals surface area contributed by atoms with Crippen LogP contribution in [0.3, 0.4) is 0 Å². The summed E-state index contributed by atoms with van der Waals surface area (Å²) in [5.41, 5.74) is 2.02. The van der Waals surface area contributed by atoms with Crippen molar-refractivity contribution in [2.45, 2.75) is 65.3 Å². The number of nitrogens with one attached hydrogen (secondary N) is 1. The minimum atomic E-state index is -0.251. The Balaban J connectivity index is 1.67. The molecule has 0 aliphatic carbocycles. The van der Waals surface area contributed by atoms with Crippen molar-refractivity contribution < 1.29 is 14.3 Å². The van der Waals surface area contributed by atoms with E-state index in [2.05, 4.69) is 24.3 Å². The lowest BCUT2D eigenvalue weighted by Gasteiger charge is -2.23. The van der Waals surface area contributed by atoms with Crippen LogP contribution in [0.5, 0.6) is 5.75 Å². The fourth-order valence-electron chi connectivity index (χ4n) is 3.64. The molecule has 6 nitrogen and oxygen atoms in total. The Bertz CT molecular complexity index is 783. The number of carbonyl (C=O) groups is 1. The van der Waals surface area contributed by atoms with Crippen molar-refractivity contribution in [1.29, 1.82) is 0 Å². The summed E-state index contributed by atoms with van der Waals surface area (Å²) in [5, 5.41) is 7.53. The van der Waals surface area contributed by atoms with Crippen molar-refractivity contribution in [3.63, 3.8) is 0 Å². The first-order valence-corrected chi connectivity index (χ1v) is 10.1. The maximum absolute atomic E-state index is 13.0. The van der Waals surface area contributed by atoms with Crippen LogP contribution in [-0.2, 0) is 9.53 Å². The number of nitrogens with zero attached hydrogens (tertiary/aromatic N) is 2. The molecule has 28 heavy (non-hydrogen) atoms. The van der Waals surface area contributed by atoms with Crippen molar-refractivity contribution >= 4 is 5.91 Å². The van der Waals surface area contributed by atoms with Gasteiger partial charge in [0.25, 0.3) is 0 Å². The van der Waals surface area contributed by atoms with Gasteiger partial charge in [-0.05, 0) is 64.8 Å². The van der Waals surface area contributed by atoms with Gasteiger partial charge in [-0.15, -0.1) is 0 Å². The first kappa shape index (κ1) is 20.4. The zero-order chi connectivity index (χ0) is 20.3. The van der Waals surface area contributed by atoms with E-state index in [4.69, 9.17) is 9.47 Å². The Kier molecular flexibility index (Phi) is 6.39. The molecule has 1 aromatic carbocycles. The molecule has 1 aliphatic heterocycles. The number of ether oxygens (including phenoxy) is 2. The monoisotopic (exact) mass is 385 g/mol. The highest BCUT2D eigenvalue weighted by Crippen LogP contribution is 2.36. The van der Waals surface area contributed by atoms with Crippen molar-refractivity contribution in [3.8, 4) is 5.75 Å². The predicted octanol–water partition coefficient (Wildman–Crippen LogP) is 4.21. The minimum absolute atomic E-state index is 0.0222. The van der Waals surface area contributed by atoms with Gasteiger partial charge in [0.2, 0.25) is 5.91 Å². The summed E-state index contributed by atoms with van der Waals surface area (Å²) in [6.07, 6.45) is 2.38. The van der Waals surface area contributed by atoms with Crippen molar-refractivity contribution in [2.24, 2.45) is 5.92 Å². The third-order valence-corrected chi connectivity index (χ3v) is 5.02. The van der Waals surface area contributed by atoms with E-state index in [0.29, 0.717) is 13.0 Å². The molecule has 0 unspecified atom stereocenters. The smallest absolute Gasteiger partial charge is 0.226 e. The molecule has 0 bridgehead atoms. The van der Waals surface area contributed by atoms with Gasteiger partial charge in [-0.1, -0.05) is 12.1 Å². The quantitative estimate of drug-likeness (QED) is 0.775. The Hall–Kier alpha value is -2.34. The zero-order valence-electron chi connectivity index (χ0n) is 17.4. The van der Waals surface area contributed by atoms with Gasteiger partial charge < -0.3 is 14.8 Å². The number of hydrogen-bond donors (Lipinski definition) is 1. The fraction of sp³-hybridized carbons (Fsp3) is 0.545. The summed E-state index contributed by atoms with van der Waals surface area (Å²) in [5.74, 6) is 0.651. The molecule has 0 spiro atoms. The van der Waals surface area contributed by atoms with Gasteiger partial charge in [0.05, 0.1) is 23.8 Å². The summed E-state index contributed by atoms with van der Waals surface area (Å²) in [4.78, 5) is 13.0. The van der Waals surface area contributed by atoms with Crippen LogP contribution < -0.4 is 10.1 Å². The van der Waals surface area contributed by atoms with E-state index in [1.54, 1.807) is 6.20 Å². The Morgan fingerprint density at radius 3 is 2.54 bits per heavy atom. The molecule has 6 heteroatoms. The zero-order valence-corrected chi connectivity index (χ0v) is 17.4. The molecular weight excluding hydrogens is 354 g/mol. The van der Waals surface area contributed by atoms with Crippen LogP contribution in [0, 0.1) is 5.92 Å². The second-order valence-electron chi connectivity index (χ2n) is 7.95. The van der Waals surface area contributed by atoms with Gasteiger partial charge in [-0.2, -0.15) is 5.10 Å². The molecule has 152 valence electrons. The molecule has 2 aromatic rings. The lowest BCUT2D eigenvalue weighted by atomic mass is 9.96. The second-order valence-corrected chi connectivity index (χ2v) is 7.95. The molecule has 0 radical (unpaired) electrons. The van der Waals surface area contributed by atoms with Gasteiger partial charge in [0.15, 0.2) is 0 Å². The van der Waals surface area contributed by atoms with Crippen LogP contribution in [0.25, 0.3) is 0 Å². The van der Waals surface area contributed by atoms with Crippen molar-refractivity contribution in [3.05, 3.63) is 47.8 Å². The SMILES string of the molecule is CC(C)Oc1ccc([C@@H](C)NC(=O)[C@H]2CCO[C@@H]2c2ccnn2C(C)C)cc1. The highest BCUT2D eigenvalue weighted by Gasteiger charge is 2.37. The molecule has 0 saturated carbocycles. The lowest BCUT2D eigenvalue weighted by molar-refractivity contribution is -0.127. The number of aromatic nitrogens is 2. The Morgan fingerprint density at radius 2 is 1.89 bits per heavy atom. The van der Waals surface area contributed by atoms with Gasteiger partial charge in [0, 0.05) is 18.8 Å². The van der Waals surface area contributed by atoms with Gasteiger partial charge in [-0.3, -0.25) is 9.48 Å². The highest BCUT2D eigenvalue weighted by atomic mass is 16.5. The molecule has 1 saturated heterocycles. The van der Waals surface area contributed by atoms with Gasteiger partial charge in [-0.25, -0.2) is 0 Å². The lowest BCUT2D eigenvalue weighted by Crippen LogP contribution is -2.34. The number of carbonyl (C=O) groups excluding carboxylic acids is 1. The van der Waals surface area contributed by atoms with Gasteiger partial charge >= 0.3 is 0 Å². The standard InChI is InChI=1S/C22H31N3O3/c1-14(2)25-20(10-12-23-25)21-19(11-13-27-21)22(26)24-16(5)17-6-8-18(9-7-17)28-15(3)4/h6-10,12,14-16,19,21H,11,13H2,1-5H3,(H,24,26)/t16-,19+,21+/m1/s1. The number of benzene rings is 1. The minimum Gasteiger partial charge on any atom is -0.491 e. The number of rotatable bonds is 7. The van der Waals surface area contributed by atoms with Crippen LogP contribution in [-0.4, -0.2) is 28.4 Å². The van der Waals surface area contributed by atoms with Crippen LogP contribution in [0.2, 0.25) is 0 Å². The first-order valence-electron chi connectivity index (χ1n) is 10.1. The fourth-order valence-corrected chi connectivity index (χ4v) is 3.64. The average molecular weight is 386 g/mol. The average Bonchev–Trinajstić information content (AvgIpc) is 3.30. The topological polar surface area (TPSA) is 65.4 Å². The molecule has 1 fully saturated rings. The van der Waals surface area contributed by atoms with Crippen LogP contribution >= 0.6 is 0 Å². The molecule has 1 N–H and O–H groups in total. The van der Waals surface area contributed by atoms with Crippen LogP contribution in [0.4, 0.5) is 0 Å². The summed E-state index contributed by atoms with van der Waals surface area (Å²) in [6, 6.07) is 9.98. The Morgan fingerprint density at radius 1 is 1.18 bits per heavy atom. The summed E-state index contributed by atoms with van der Waals surface area (Å²) in [6.45, 7) is 10.7. The van der Waals surface area contributed by atoms with E-state index in [9.17, 15) is 4.79 Å². The van der Waals surface area contributed by atoms with Crippen molar-refractivity contribution in [2.75, 3.05) is 6.61 Å². The predicted molar refractivity (Wildman–Crippen MR) is 108 cm³/mol. The summed E-state index contributed by atoms with van der Waals surface area (Å²) in [7, 11) is 0. The van der Waals surface area contributed by atoms with Crippen LogP contribution in [0.1, 0.15) is 70.5 Å². The number of amides is 1. The van der Waals surface area contributed by atoms with Gasteiger partial charge in [0.1, 0.15) is 11.9 Å². The molecule has 2 heterocycles. The molecular formula is C22H31N3O3. The van der Waals surface area contributed by atoms with Crippen LogP contribution in [0.15, 0.2) is 36.5 Å². The maximum Gasteiger partial charge on any atom is 0.226 e. The Labute approximate surface area is 167 Å². The first-order chi connectivity index (χ1) is 13.4. The third kappa shape index (κ3) is 4.55. The molecule has 3 atom stereocenters. The summed E-state index contributed by atoms with van der Waals surface area (Å²) >= 11 is 0. The molecule has 1 amide bonds. The normalized spacial score (nSPS) is 20.5. The second kappa shape index (κ2) is 8.78. The third-order valence-electron chi connectivity index (χ3n) is 5.02. The molecule has 3 rings (SSSR count). The highest BCUT2D eigenvalue weighted by molar-refractivity contribution is 5.80. The van der Waals surface area contributed by atoms with E-state index in [0.717, 1.165) is 17.0 Å². The van der Waals surface area contributed by atoms with E-state index >= 15 is 0 Å². The largest absolute Gasteiger partial charge is 0.491 e. The molecule has 1 aliphatic rings. The van der Waals surface area contributed by atoms with Crippen molar-refractivity contribution in [1.82, 2.24) is 15.1 Å². The van der Waals surface area contributed by atoms with E-state index in [1.165, 1.54) is 0 Å².